The second kappa shape index (κ2) is 10.4. The first-order chi connectivity index (χ1) is 13.7. The molecule has 28 heavy (non-hydrogen) atoms. The Kier molecular flexibility index (Phi) is 7.60. The number of benzene rings is 1. The van der Waals surface area contributed by atoms with Crippen molar-refractivity contribution >= 4 is 5.91 Å². The molecule has 6 heteroatoms. The molecule has 1 fully saturated rings. The van der Waals surface area contributed by atoms with Gasteiger partial charge < -0.3 is 9.42 Å². The van der Waals surface area contributed by atoms with Crippen molar-refractivity contribution in [2.75, 3.05) is 26.2 Å². The molecule has 1 aliphatic rings. The monoisotopic (exact) mass is 384 g/mol. The molecule has 1 amide bonds. The van der Waals surface area contributed by atoms with E-state index in [-0.39, 0.29) is 0 Å². The highest BCUT2D eigenvalue weighted by Crippen LogP contribution is 2.17. The minimum Gasteiger partial charge on any atom is -0.340 e. The highest BCUT2D eigenvalue weighted by Gasteiger charge is 2.22. The molecule has 0 saturated carbocycles. The summed E-state index contributed by atoms with van der Waals surface area (Å²) in [7, 11) is 0. The minimum atomic E-state index is 0.301. The first-order valence-corrected chi connectivity index (χ1v) is 10.6. The molecule has 0 N–H and O–H groups in total. The summed E-state index contributed by atoms with van der Waals surface area (Å²) in [5, 5.41) is 4.10. The van der Waals surface area contributed by atoms with E-state index in [2.05, 4.69) is 28.9 Å². The smallest absolute Gasteiger partial charge is 0.241 e. The van der Waals surface area contributed by atoms with Gasteiger partial charge in [0.1, 0.15) is 0 Å². The lowest BCUT2D eigenvalue weighted by Crippen LogP contribution is -2.48. The lowest BCUT2D eigenvalue weighted by molar-refractivity contribution is -0.133. The molecule has 0 radical (unpaired) electrons. The maximum atomic E-state index is 12.3. The number of aromatic nitrogens is 2. The topological polar surface area (TPSA) is 62.5 Å². The summed E-state index contributed by atoms with van der Waals surface area (Å²) in [5.74, 6) is 1.56. The highest BCUT2D eigenvalue weighted by molar-refractivity contribution is 5.76. The van der Waals surface area contributed by atoms with Gasteiger partial charge in [-0.1, -0.05) is 67.6 Å². The molecule has 0 spiro atoms. The predicted molar refractivity (Wildman–Crippen MR) is 110 cm³/mol. The molecule has 1 aliphatic heterocycles. The van der Waals surface area contributed by atoms with Crippen molar-refractivity contribution in [3.63, 3.8) is 0 Å². The van der Waals surface area contributed by atoms with Crippen LogP contribution in [0.3, 0.4) is 0 Å². The van der Waals surface area contributed by atoms with Crippen LogP contribution in [0.25, 0.3) is 11.4 Å². The molecular formula is C22H32N4O2. The number of unbranched alkanes of at least 4 members (excludes halogenated alkanes) is 4. The van der Waals surface area contributed by atoms with Crippen molar-refractivity contribution in [1.29, 1.82) is 0 Å². The molecule has 0 bridgehead atoms. The zero-order chi connectivity index (χ0) is 19.8. The molecular weight excluding hydrogens is 352 g/mol. The largest absolute Gasteiger partial charge is 0.340 e. The maximum Gasteiger partial charge on any atom is 0.241 e. The zero-order valence-corrected chi connectivity index (χ0v) is 17.2. The number of aryl methyl sites for hydroxylation is 1. The fourth-order valence-corrected chi connectivity index (χ4v) is 3.52. The number of rotatable bonds is 9. The molecule has 0 aliphatic carbocycles. The molecule has 3 rings (SSSR count). The highest BCUT2D eigenvalue weighted by atomic mass is 16.5. The van der Waals surface area contributed by atoms with Crippen LogP contribution < -0.4 is 0 Å². The van der Waals surface area contributed by atoms with Crippen LogP contribution in [0.5, 0.6) is 0 Å². The Balaban J connectivity index is 1.41. The van der Waals surface area contributed by atoms with Gasteiger partial charge in [0, 0.05) is 38.2 Å². The summed E-state index contributed by atoms with van der Waals surface area (Å²) in [6, 6.07) is 8.12. The SMILES string of the molecule is CCCCCCCC(=O)N1CCN(Cc2nc(-c3ccc(C)cc3)no2)CC1. The zero-order valence-electron chi connectivity index (χ0n) is 17.2. The molecule has 1 saturated heterocycles. The van der Waals surface area contributed by atoms with Crippen LogP contribution in [0.4, 0.5) is 0 Å². The van der Waals surface area contributed by atoms with E-state index in [0.29, 0.717) is 30.6 Å². The van der Waals surface area contributed by atoms with Gasteiger partial charge in [-0.25, -0.2) is 0 Å². The van der Waals surface area contributed by atoms with Crippen LogP contribution in [-0.2, 0) is 11.3 Å². The van der Waals surface area contributed by atoms with E-state index in [4.69, 9.17) is 4.52 Å². The van der Waals surface area contributed by atoms with E-state index in [0.717, 1.165) is 38.2 Å². The van der Waals surface area contributed by atoms with Crippen molar-refractivity contribution in [3.05, 3.63) is 35.7 Å². The van der Waals surface area contributed by atoms with E-state index < -0.39 is 0 Å². The lowest BCUT2D eigenvalue weighted by Gasteiger charge is -2.34. The average molecular weight is 385 g/mol. The van der Waals surface area contributed by atoms with Crippen LogP contribution in [0.15, 0.2) is 28.8 Å². The van der Waals surface area contributed by atoms with Gasteiger partial charge in [0.05, 0.1) is 6.54 Å². The van der Waals surface area contributed by atoms with E-state index >= 15 is 0 Å². The number of nitrogens with zero attached hydrogens (tertiary/aromatic N) is 4. The van der Waals surface area contributed by atoms with Crippen molar-refractivity contribution in [2.45, 2.75) is 58.9 Å². The third kappa shape index (κ3) is 5.89. The van der Waals surface area contributed by atoms with Gasteiger partial charge in [-0.15, -0.1) is 0 Å². The number of amides is 1. The summed E-state index contributed by atoms with van der Waals surface area (Å²) in [5.41, 5.74) is 2.18. The number of hydrogen-bond acceptors (Lipinski definition) is 5. The summed E-state index contributed by atoms with van der Waals surface area (Å²) < 4.78 is 5.43. The summed E-state index contributed by atoms with van der Waals surface area (Å²) >= 11 is 0. The third-order valence-electron chi connectivity index (χ3n) is 5.36. The molecule has 0 atom stereocenters. The van der Waals surface area contributed by atoms with E-state index in [1.54, 1.807) is 0 Å². The van der Waals surface area contributed by atoms with E-state index in [1.165, 1.54) is 31.2 Å². The molecule has 2 aromatic rings. The average Bonchev–Trinajstić information content (AvgIpc) is 3.17. The summed E-state index contributed by atoms with van der Waals surface area (Å²) in [4.78, 5) is 21.1. The summed E-state index contributed by atoms with van der Waals surface area (Å²) in [6.07, 6.45) is 6.62. The van der Waals surface area contributed by atoms with Crippen LogP contribution in [0.2, 0.25) is 0 Å². The quantitative estimate of drug-likeness (QED) is 0.610. The standard InChI is InChI=1S/C22H32N4O2/c1-3-4-5-6-7-8-21(27)26-15-13-25(14-16-26)17-20-23-22(24-28-20)19-11-9-18(2)10-12-19/h9-12H,3-8,13-17H2,1-2H3. The van der Waals surface area contributed by atoms with Crippen molar-refractivity contribution in [2.24, 2.45) is 0 Å². The van der Waals surface area contributed by atoms with Gasteiger partial charge in [0.2, 0.25) is 17.6 Å². The molecule has 2 heterocycles. The number of piperazine rings is 1. The molecule has 0 unspecified atom stereocenters. The Morgan fingerprint density at radius 2 is 1.75 bits per heavy atom. The van der Waals surface area contributed by atoms with Gasteiger partial charge >= 0.3 is 0 Å². The van der Waals surface area contributed by atoms with Crippen molar-refractivity contribution < 1.29 is 9.32 Å². The fourth-order valence-electron chi connectivity index (χ4n) is 3.52. The fraction of sp³-hybridized carbons (Fsp3) is 0.591. The van der Waals surface area contributed by atoms with E-state index in [9.17, 15) is 4.79 Å². The molecule has 152 valence electrons. The van der Waals surface area contributed by atoms with Gasteiger partial charge in [-0.05, 0) is 13.3 Å². The molecule has 6 nitrogen and oxygen atoms in total. The Hall–Kier alpha value is -2.21. The first kappa shape index (κ1) is 20.5. The van der Waals surface area contributed by atoms with Crippen LogP contribution >= 0.6 is 0 Å². The number of carbonyl (C=O) groups is 1. The van der Waals surface area contributed by atoms with E-state index in [1.807, 2.05) is 29.2 Å². The Morgan fingerprint density at radius 1 is 1.04 bits per heavy atom. The first-order valence-electron chi connectivity index (χ1n) is 10.6. The Labute approximate surface area is 167 Å². The second-order valence-electron chi connectivity index (χ2n) is 7.70. The van der Waals surface area contributed by atoms with Gasteiger partial charge in [0.15, 0.2) is 0 Å². The number of carbonyl (C=O) groups excluding carboxylic acids is 1. The predicted octanol–water partition coefficient (Wildman–Crippen LogP) is 4.05. The Bertz CT molecular complexity index is 733. The summed E-state index contributed by atoms with van der Waals surface area (Å²) in [6.45, 7) is 8.18. The number of hydrogen-bond donors (Lipinski definition) is 0. The lowest BCUT2D eigenvalue weighted by atomic mass is 10.1. The minimum absolute atomic E-state index is 0.301. The van der Waals surface area contributed by atoms with Crippen molar-refractivity contribution in [1.82, 2.24) is 19.9 Å². The third-order valence-corrected chi connectivity index (χ3v) is 5.36. The molecule has 1 aromatic heterocycles. The van der Waals surface area contributed by atoms with Crippen molar-refractivity contribution in [3.8, 4) is 11.4 Å². The normalized spacial score (nSPS) is 15.1. The maximum absolute atomic E-state index is 12.3. The Morgan fingerprint density at radius 3 is 2.46 bits per heavy atom. The van der Waals surface area contributed by atoms with Gasteiger partial charge in [0.25, 0.3) is 0 Å². The van der Waals surface area contributed by atoms with Gasteiger partial charge in [-0.3, -0.25) is 9.69 Å². The van der Waals surface area contributed by atoms with Crippen LogP contribution in [0.1, 0.15) is 56.9 Å². The van der Waals surface area contributed by atoms with Crippen LogP contribution in [-0.4, -0.2) is 52.0 Å². The molecule has 1 aromatic carbocycles. The second-order valence-corrected chi connectivity index (χ2v) is 7.70. The van der Waals surface area contributed by atoms with Gasteiger partial charge in [-0.2, -0.15) is 4.98 Å². The van der Waals surface area contributed by atoms with Crippen LogP contribution in [0, 0.1) is 6.92 Å².